The monoisotopic (exact) mass is 286 g/mol. The van der Waals surface area contributed by atoms with Crippen LogP contribution >= 0.6 is 11.3 Å². The van der Waals surface area contributed by atoms with E-state index in [-0.39, 0.29) is 0 Å². The van der Waals surface area contributed by atoms with Gasteiger partial charge in [0.05, 0.1) is 0 Å². The van der Waals surface area contributed by atoms with Gasteiger partial charge in [0.2, 0.25) is 0 Å². The molecule has 1 saturated carbocycles. The van der Waals surface area contributed by atoms with Gasteiger partial charge in [-0.3, -0.25) is 0 Å². The Balaban J connectivity index is 1.45. The summed E-state index contributed by atoms with van der Waals surface area (Å²) in [5.74, 6) is 0. The van der Waals surface area contributed by atoms with Crippen LogP contribution in [0.15, 0.2) is 42.5 Å². The average molecular weight is 286 g/mol. The van der Waals surface area contributed by atoms with Gasteiger partial charge < -0.3 is 10.2 Å². The van der Waals surface area contributed by atoms with E-state index in [1.54, 1.807) is 0 Å². The molecule has 1 aliphatic rings. The largest absolute Gasteiger partial charge is 0.311 e. The van der Waals surface area contributed by atoms with Crippen molar-refractivity contribution in [1.82, 2.24) is 10.2 Å². The van der Waals surface area contributed by atoms with Gasteiger partial charge in [-0.25, -0.2) is 0 Å². The van der Waals surface area contributed by atoms with E-state index in [1.807, 2.05) is 11.3 Å². The third kappa shape index (κ3) is 3.69. The number of rotatable bonds is 7. The van der Waals surface area contributed by atoms with Crippen LogP contribution in [0.4, 0.5) is 0 Å². The minimum absolute atomic E-state index is 0.864. The van der Waals surface area contributed by atoms with Crippen molar-refractivity contribution in [2.45, 2.75) is 25.4 Å². The molecule has 1 aromatic heterocycles. The van der Waals surface area contributed by atoms with Crippen molar-refractivity contribution < 1.29 is 0 Å². The van der Waals surface area contributed by atoms with Gasteiger partial charge in [0.15, 0.2) is 0 Å². The molecular formula is C17H22N2S. The van der Waals surface area contributed by atoms with Crippen LogP contribution in [0.5, 0.6) is 0 Å². The van der Waals surface area contributed by atoms with Gasteiger partial charge in [-0.15, -0.1) is 11.3 Å². The van der Waals surface area contributed by atoms with E-state index < -0.39 is 0 Å². The average Bonchev–Trinajstić information content (AvgIpc) is 3.23. The van der Waals surface area contributed by atoms with Gasteiger partial charge >= 0.3 is 0 Å². The molecular weight excluding hydrogens is 264 g/mol. The molecule has 0 amide bonds. The fourth-order valence-corrected chi connectivity index (χ4v) is 3.38. The van der Waals surface area contributed by atoms with Gasteiger partial charge in [0, 0.05) is 35.4 Å². The molecule has 0 spiro atoms. The van der Waals surface area contributed by atoms with Crippen LogP contribution in [0.1, 0.15) is 17.7 Å². The van der Waals surface area contributed by atoms with Crippen LogP contribution in [0.2, 0.25) is 0 Å². The van der Waals surface area contributed by atoms with Gasteiger partial charge in [-0.2, -0.15) is 0 Å². The van der Waals surface area contributed by atoms with Crippen LogP contribution in [0.3, 0.4) is 0 Å². The van der Waals surface area contributed by atoms with Crippen LogP contribution in [0.25, 0.3) is 10.4 Å². The van der Waals surface area contributed by atoms with Crippen molar-refractivity contribution in [2.75, 3.05) is 20.1 Å². The molecule has 1 aromatic carbocycles. The smallest absolute Gasteiger partial charge is 0.0346 e. The third-order valence-electron chi connectivity index (χ3n) is 3.83. The quantitative estimate of drug-likeness (QED) is 0.782. The number of hydrogen-bond acceptors (Lipinski definition) is 3. The Hall–Kier alpha value is -1.16. The summed E-state index contributed by atoms with van der Waals surface area (Å²) in [6.07, 6.45) is 2.78. The molecule has 1 heterocycles. The van der Waals surface area contributed by atoms with Crippen molar-refractivity contribution in [2.24, 2.45) is 0 Å². The lowest BCUT2D eigenvalue weighted by Crippen LogP contribution is -2.30. The summed E-state index contributed by atoms with van der Waals surface area (Å²) >= 11 is 1.89. The molecule has 1 fully saturated rings. The molecule has 3 heteroatoms. The first kappa shape index (κ1) is 13.8. The summed E-state index contributed by atoms with van der Waals surface area (Å²) in [5, 5.41) is 3.55. The molecule has 106 valence electrons. The molecule has 3 rings (SSSR count). The molecule has 2 aromatic rings. The topological polar surface area (TPSA) is 15.3 Å². The summed E-state index contributed by atoms with van der Waals surface area (Å²) in [4.78, 5) is 5.24. The van der Waals surface area contributed by atoms with Gasteiger partial charge in [0.25, 0.3) is 0 Å². The highest BCUT2D eigenvalue weighted by Gasteiger charge is 2.25. The minimum atomic E-state index is 0.864. The number of benzene rings is 1. The molecule has 0 bridgehead atoms. The van der Waals surface area contributed by atoms with Crippen LogP contribution in [-0.2, 0) is 6.54 Å². The maximum absolute atomic E-state index is 3.55. The molecule has 0 saturated heterocycles. The standard InChI is InChI=1S/C17H22N2S/c1-19(15-7-8-15)12-11-18-13-16-9-10-17(20-16)14-5-3-2-4-6-14/h2-6,9-10,15,18H,7-8,11-13H2,1H3. The third-order valence-corrected chi connectivity index (χ3v) is 4.97. The Morgan fingerprint density at radius 3 is 2.70 bits per heavy atom. The number of nitrogens with zero attached hydrogens (tertiary/aromatic N) is 1. The predicted molar refractivity (Wildman–Crippen MR) is 87.1 cm³/mol. The Morgan fingerprint density at radius 2 is 1.95 bits per heavy atom. The molecule has 2 nitrogen and oxygen atoms in total. The highest BCUT2D eigenvalue weighted by Crippen LogP contribution is 2.27. The van der Waals surface area contributed by atoms with Crippen molar-refractivity contribution in [3.05, 3.63) is 47.3 Å². The molecule has 1 N–H and O–H groups in total. The summed E-state index contributed by atoms with van der Waals surface area (Å²) in [7, 11) is 2.23. The zero-order chi connectivity index (χ0) is 13.8. The van der Waals surface area contributed by atoms with E-state index in [0.717, 1.165) is 25.7 Å². The summed E-state index contributed by atoms with van der Waals surface area (Å²) in [6, 6.07) is 15.9. The maximum atomic E-state index is 3.55. The van der Waals surface area contributed by atoms with E-state index in [0.29, 0.717) is 0 Å². The first-order valence-corrected chi connectivity index (χ1v) is 8.19. The Morgan fingerprint density at radius 1 is 1.15 bits per heavy atom. The van der Waals surface area contributed by atoms with Crippen LogP contribution < -0.4 is 5.32 Å². The molecule has 20 heavy (non-hydrogen) atoms. The van der Waals surface area contributed by atoms with E-state index in [2.05, 4.69) is 59.7 Å². The Labute approximate surface area is 125 Å². The molecule has 0 atom stereocenters. The SMILES string of the molecule is CN(CCNCc1ccc(-c2ccccc2)s1)C1CC1. The van der Waals surface area contributed by atoms with Gasteiger partial charge in [-0.1, -0.05) is 30.3 Å². The highest BCUT2D eigenvalue weighted by molar-refractivity contribution is 7.15. The number of nitrogens with one attached hydrogen (secondary N) is 1. The fraction of sp³-hybridized carbons (Fsp3) is 0.412. The molecule has 0 aliphatic heterocycles. The van der Waals surface area contributed by atoms with E-state index in [1.165, 1.54) is 28.2 Å². The summed E-state index contributed by atoms with van der Waals surface area (Å²) < 4.78 is 0. The second kappa shape index (κ2) is 6.53. The lowest BCUT2D eigenvalue weighted by molar-refractivity contribution is 0.322. The van der Waals surface area contributed by atoms with Gasteiger partial charge in [-0.05, 0) is 37.6 Å². The minimum Gasteiger partial charge on any atom is -0.311 e. The second-order valence-electron chi connectivity index (χ2n) is 5.52. The zero-order valence-corrected chi connectivity index (χ0v) is 12.8. The van der Waals surface area contributed by atoms with Crippen LogP contribution in [0, 0.1) is 0 Å². The van der Waals surface area contributed by atoms with E-state index >= 15 is 0 Å². The lowest BCUT2D eigenvalue weighted by Gasteiger charge is -2.15. The van der Waals surface area contributed by atoms with E-state index in [9.17, 15) is 0 Å². The fourth-order valence-electron chi connectivity index (χ4n) is 2.40. The lowest BCUT2D eigenvalue weighted by atomic mass is 10.2. The molecule has 0 radical (unpaired) electrons. The normalized spacial score (nSPS) is 14.9. The first-order chi connectivity index (χ1) is 9.83. The zero-order valence-electron chi connectivity index (χ0n) is 12.0. The Bertz CT molecular complexity index is 531. The Kier molecular flexibility index (Phi) is 4.51. The van der Waals surface area contributed by atoms with Crippen molar-refractivity contribution in [3.8, 4) is 10.4 Å². The molecule has 1 aliphatic carbocycles. The summed E-state index contributed by atoms with van der Waals surface area (Å²) in [6.45, 7) is 3.21. The number of likely N-dealkylation sites (N-methyl/N-ethyl adjacent to an activating group) is 1. The number of thiophene rings is 1. The maximum Gasteiger partial charge on any atom is 0.0346 e. The van der Waals surface area contributed by atoms with Gasteiger partial charge in [0.1, 0.15) is 0 Å². The molecule has 0 unspecified atom stereocenters. The van der Waals surface area contributed by atoms with E-state index in [4.69, 9.17) is 0 Å². The second-order valence-corrected chi connectivity index (χ2v) is 6.69. The van der Waals surface area contributed by atoms with Crippen molar-refractivity contribution in [3.63, 3.8) is 0 Å². The summed E-state index contributed by atoms with van der Waals surface area (Å²) in [5.41, 5.74) is 1.32. The van der Waals surface area contributed by atoms with Crippen LogP contribution in [-0.4, -0.2) is 31.1 Å². The highest BCUT2D eigenvalue weighted by atomic mass is 32.1. The number of hydrogen-bond donors (Lipinski definition) is 1. The predicted octanol–water partition coefficient (Wildman–Crippen LogP) is 3.60. The van der Waals surface area contributed by atoms with Crippen molar-refractivity contribution >= 4 is 11.3 Å². The van der Waals surface area contributed by atoms with Crippen molar-refractivity contribution in [1.29, 1.82) is 0 Å². The first-order valence-electron chi connectivity index (χ1n) is 7.38.